The van der Waals surface area contributed by atoms with Gasteiger partial charge in [0.25, 0.3) is 5.69 Å². The molecule has 1 aliphatic carbocycles. The first kappa shape index (κ1) is 82.3. The number of rotatable bonds is 25. The zero-order valence-electron chi connectivity index (χ0n) is 65.8. The van der Waals surface area contributed by atoms with Crippen molar-refractivity contribution >= 4 is 151 Å². The Bertz CT molecular complexity index is 6480. The number of nitrogens with one attached hydrogen (secondary N) is 5. The topological polar surface area (TPSA) is 391 Å². The number of nitrogens with zero attached hydrogens (tertiary/aromatic N) is 13. The highest BCUT2D eigenvalue weighted by molar-refractivity contribution is 6.35. The molecule has 5 aromatic heterocycles. The Hall–Kier alpha value is -13.2. The van der Waals surface area contributed by atoms with Crippen LogP contribution in [0.3, 0.4) is 0 Å². The lowest BCUT2D eigenvalue weighted by Gasteiger charge is -2.24. The van der Waals surface area contributed by atoms with E-state index in [1.807, 2.05) is 72.9 Å². The maximum Gasteiger partial charge on any atom is 0.308 e. The van der Waals surface area contributed by atoms with E-state index in [4.69, 9.17) is 33.0 Å². The molecule has 17 rings (SSSR count). The standard InChI is InChI=1S/C25H16Cl2N4O5.C23H27N5O.C21H23N5O3.C18H18N4O3/c26-15-6-9-18(20(27)11-15)23-13-21(19-8-5-14-3-1-2-4-17(14)25(19)32)28-29(23)22-10-7-16(30(33)34)12-24(22)31(35)36;1-4-28(5-2)12-6-9-25-23-17-13-18-21(15(3)16(17)7-11-26-23)27-20-8-10-24-14-19(20)22(18)29;1-4-25(5-2)11-10-22-16-7-8-17-20-19(16)21(28)15-12-14(29-13(3)27)6-9-18(15)26(20)24-23-17;23-8-7-19-5-6-20-13-3-4-14-15-16(13)18(25)12-9-10(24)1-2-11(12)17(15)22-21-14/h1-12,23,32H,13H2;7-8,10-11,13-14H,4-6,9,12H2,1-3H3,(H,25,26)(H,27,29);6-9,12,22H,4-5,10-11H2,1-3H3;1-4,9,17,19-20,23-24H,5-8H2. The summed E-state index contributed by atoms with van der Waals surface area (Å²) in [5.74, 6) is 0.693. The van der Waals surface area contributed by atoms with Crippen molar-refractivity contribution < 1.29 is 39.5 Å². The maximum atomic E-state index is 13.4. The van der Waals surface area contributed by atoms with Crippen LogP contribution in [0.2, 0.25) is 10.0 Å². The molecule has 0 spiro atoms. The van der Waals surface area contributed by atoms with Crippen LogP contribution in [0, 0.1) is 27.2 Å². The van der Waals surface area contributed by atoms with Crippen LogP contribution in [-0.4, -0.2) is 161 Å². The normalized spacial score (nSPS) is 13.8. The van der Waals surface area contributed by atoms with E-state index in [9.17, 15) is 49.6 Å². The Balaban J connectivity index is 0.000000131. The lowest BCUT2D eigenvalue weighted by molar-refractivity contribution is -0.393. The molecule has 7 heterocycles. The number of esters is 1. The Labute approximate surface area is 690 Å². The molecule has 0 saturated carbocycles. The van der Waals surface area contributed by atoms with Crippen LogP contribution in [0.15, 0.2) is 195 Å². The van der Waals surface area contributed by atoms with Gasteiger partial charge in [0.1, 0.15) is 45.8 Å². The van der Waals surface area contributed by atoms with Crippen molar-refractivity contribution in [2.24, 2.45) is 15.3 Å². The molecule has 119 heavy (non-hydrogen) atoms. The fraction of sp³-hybridized carbons (Fsp3) is 0.253. The van der Waals surface area contributed by atoms with Gasteiger partial charge in [-0.15, -0.1) is 5.10 Å². The molecule has 2 aliphatic heterocycles. The molecule has 0 radical (unpaired) electrons. The molecule has 0 amide bonds. The zero-order valence-corrected chi connectivity index (χ0v) is 67.3. The highest BCUT2D eigenvalue weighted by atomic mass is 35.5. The number of aliphatic hydroxyl groups is 1. The minimum absolute atomic E-state index is 0.00295. The lowest BCUT2D eigenvalue weighted by atomic mass is 9.80. The van der Waals surface area contributed by atoms with Crippen LogP contribution < -0.4 is 41.9 Å². The number of nitro benzene ring substituents is 2. The average Bonchev–Trinajstić information content (AvgIpc) is 1.73. The van der Waals surface area contributed by atoms with E-state index in [1.165, 1.54) is 30.1 Å². The summed E-state index contributed by atoms with van der Waals surface area (Å²) in [6.07, 6.45) is 6.45. The van der Waals surface area contributed by atoms with Gasteiger partial charge in [-0.1, -0.05) is 98.6 Å². The third-order valence-electron chi connectivity index (χ3n) is 21.5. The van der Waals surface area contributed by atoms with Crippen LogP contribution >= 0.6 is 23.2 Å². The van der Waals surface area contributed by atoms with Crippen molar-refractivity contribution in [1.82, 2.24) is 44.9 Å². The molecule has 8 N–H and O–H groups in total. The predicted octanol–water partition coefficient (Wildman–Crippen LogP) is 15.7. The van der Waals surface area contributed by atoms with Crippen molar-refractivity contribution in [3.63, 3.8) is 0 Å². The predicted molar refractivity (Wildman–Crippen MR) is 465 cm³/mol. The molecular weight excluding hydrogens is 1560 g/mol. The van der Waals surface area contributed by atoms with E-state index in [2.05, 4.69) is 106 Å². The number of nitro groups is 2. The SMILES string of the molecule is CCN(CC)CCCNc1nccc2c(C)c3[nH]c4ccncc4c(=O)c3cc12.CCN(CC)CCNc1ccc2nnn3c4ccc(OC(C)=O)cc4c(=O)c1c23.O=C1c2cc(O)ccc2C2N=Nc3ccc(NCCNCCO)c1c32.O=[N+]([O-])c1ccc(N2N=C(c3ccc4ccccc4c3O)CC2c2ccc(Cl)cc2Cl)c([N+](=O)[O-])c1. The van der Waals surface area contributed by atoms with Gasteiger partial charge in [0, 0.05) is 132 Å². The quantitative estimate of drug-likeness (QED) is 0.00658. The van der Waals surface area contributed by atoms with Crippen LogP contribution in [0.5, 0.6) is 17.2 Å². The molecule has 0 bridgehead atoms. The number of H-pyrrole nitrogens is 1. The lowest BCUT2D eigenvalue weighted by Crippen LogP contribution is -2.28. The van der Waals surface area contributed by atoms with Crippen molar-refractivity contribution in [3.8, 4) is 17.2 Å². The Morgan fingerprint density at radius 2 is 1.48 bits per heavy atom. The first-order valence-electron chi connectivity index (χ1n) is 38.9. The summed E-state index contributed by atoms with van der Waals surface area (Å²) >= 11 is 12.6. The summed E-state index contributed by atoms with van der Waals surface area (Å²) in [5.41, 5.74) is 10.2. The minimum Gasteiger partial charge on any atom is -0.508 e. The molecule has 30 nitrogen and oxygen atoms in total. The van der Waals surface area contributed by atoms with Gasteiger partial charge in [0.2, 0.25) is 0 Å². The molecule has 0 saturated heterocycles. The maximum absolute atomic E-state index is 13.4. The van der Waals surface area contributed by atoms with Crippen LogP contribution in [0.4, 0.5) is 39.9 Å². The van der Waals surface area contributed by atoms with Gasteiger partial charge in [-0.3, -0.25) is 49.4 Å². The molecule has 0 fully saturated rings. The molecule has 608 valence electrons. The van der Waals surface area contributed by atoms with E-state index in [0.717, 1.165) is 132 Å². The van der Waals surface area contributed by atoms with E-state index in [0.29, 0.717) is 107 Å². The first-order valence-corrected chi connectivity index (χ1v) is 39.7. The van der Waals surface area contributed by atoms with Crippen molar-refractivity contribution in [1.29, 1.82) is 0 Å². The Kier molecular flexibility index (Phi) is 25.0. The molecule has 2 atom stereocenters. The number of phenols is 2. The number of ether oxygens (including phenoxy) is 1. The monoisotopic (exact) mass is 1640 g/mol. The summed E-state index contributed by atoms with van der Waals surface area (Å²) in [7, 11) is 0. The van der Waals surface area contributed by atoms with Gasteiger partial charge >= 0.3 is 11.7 Å². The number of aromatic amines is 1. The number of phenolic OH excluding ortho intramolecular Hbond substituents is 2. The number of ketones is 1. The second kappa shape index (κ2) is 36.1. The Morgan fingerprint density at radius 3 is 2.24 bits per heavy atom. The number of aryl methyl sites for hydroxylation is 1. The number of likely N-dealkylation sites (N-methyl/N-ethyl adjacent to an activating group) is 1. The number of halogens is 2. The first-order chi connectivity index (χ1) is 57.6. The number of benzene rings is 9. The van der Waals surface area contributed by atoms with Gasteiger partial charge in [-0.2, -0.15) is 15.3 Å². The second-order valence-electron chi connectivity index (χ2n) is 28.5. The summed E-state index contributed by atoms with van der Waals surface area (Å²) < 4.78 is 6.83. The molecule has 2 unspecified atom stereocenters. The summed E-state index contributed by atoms with van der Waals surface area (Å²) in [6, 6.07) is 41.4. The third kappa shape index (κ3) is 16.9. The number of aliphatic hydroxyl groups excluding tert-OH is 1. The number of carbonyl (C=O) groups is 2. The molecule has 9 aromatic carbocycles. The summed E-state index contributed by atoms with van der Waals surface area (Å²) in [5, 5.41) is 95.6. The largest absolute Gasteiger partial charge is 0.508 e. The average molecular weight is 1640 g/mol. The van der Waals surface area contributed by atoms with Gasteiger partial charge in [-0.25, -0.2) is 9.50 Å². The van der Waals surface area contributed by atoms with Crippen LogP contribution in [0.1, 0.15) is 103 Å². The van der Waals surface area contributed by atoms with E-state index < -0.39 is 33.2 Å². The number of hydrogen-bond acceptors (Lipinski definition) is 26. The number of aromatic hydroxyl groups is 2. The van der Waals surface area contributed by atoms with Crippen molar-refractivity contribution in [2.45, 2.75) is 66.5 Å². The number of aromatic nitrogens is 6. The van der Waals surface area contributed by atoms with E-state index in [1.54, 1.807) is 77.6 Å². The number of hydrazone groups is 1. The highest BCUT2D eigenvalue weighted by Gasteiger charge is 2.40. The van der Waals surface area contributed by atoms with E-state index >= 15 is 0 Å². The van der Waals surface area contributed by atoms with Gasteiger partial charge < -0.3 is 56.1 Å². The summed E-state index contributed by atoms with van der Waals surface area (Å²) in [4.78, 5) is 89.4. The third-order valence-corrected chi connectivity index (χ3v) is 22.0. The fourth-order valence-corrected chi connectivity index (χ4v) is 15.9. The second-order valence-corrected chi connectivity index (χ2v) is 29.3. The molecule has 14 aromatic rings. The summed E-state index contributed by atoms with van der Waals surface area (Å²) in [6.45, 7) is 21.5. The number of fused-ring (bicyclic) bond motifs is 8. The highest BCUT2D eigenvalue weighted by Crippen LogP contribution is 2.50. The number of hydrogen-bond donors (Lipinski definition) is 8. The van der Waals surface area contributed by atoms with Gasteiger partial charge in [-0.05, 0) is 171 Å². The van der Waals surface area contributed by atoms with Crippen LogP contribution in [-0.2, 0) is 4.79 Å². The molecular formula is C87H84Cl2N18O12. The number of carbonyl (C=O) groups excluding carboxylic acids is 2. The molecule has 3 aliphatic rings. The number of pyridine rings is 4. The minimum atomic E-state index is -0.698. The van der Waals surface area contributed by atoms with Gasteiger partial charge in [0.05, 0.1) is 78.2 Å². The van der Waals surface area contributed by atoms with Gasteiger partial charge in [0.15, 0.2) is 16.6 Å². The van der Waals surface area contributed by atoms with Crippen LogP contribution in [0.25, 0.3) is 70.7 Å². The zero-order chi connectivity index (χ0) is 83.9. The number of anilines is 4. The Morgan fingerprint density at radius 1 is 0.706 bits per heavy atom. The van der Waals surface area contributed by atoms with Crippen molar-refractivity contribution in [2.75, 3.05) is 99.6 Å². The van der Waals surface area contributed by atoms with E-state index in [-0.39, 0.29) is 52.9 Å². The fourth-order valence-electron chi connectivity index (χ4n) is 15.4. The van der Waals surface area contributed by atoms with Crippen molar-refractivity contribution in [3.05, 3.63) is 260 Å². The smallest absolute Gasteiger partial charge is 0.308 e. The molecule has 32 heteroatoms. The number of non-ortho nitro benzene ring substituents is 1. The number of azo groups is 1.